The Morgan fingerprint density at radius 1 is 1.15 bits per heavy atom. The van der Waals surface area contributed by atoms with E-state index in [0.29, 0.717) is 0 Å². The van der Waals surface area contributed by atoms with Crippen LogP contribution in [0.3, 0.4) is 0 Å². The number of rotatable bonds is 5. The third-order valence-electron chi connectivity index (χ3n) is 2.43. The van der Waals surface area contributed by atoms with E-state index in [1.54, 1.807) is 7.11 Å². The van der Waals surface area contributed by atoms with Crippen LogP contribution < -0.4 is 0 Å². The molecule has 1 atom stereocenters. The van der Waals surface area contributed by atoms with Gasteiger partial charge < -0.3 is 8.85 Å². The summed E-state index contributed by atoms with van der Waals surface area (Å²) in [5.41, 5.74) is 0. The normalized spacial score (nSPS) is 17.1. The molecule has 0 amide bonds. The summed E-state index contributed by atoms with van der Waals surface area (Å²) in [6.07, 6.45) is 1.14. The summed E-state index contributed by atoms with van der Waals surface area (Å²) >= 11 is 0. The minimum absolute atomic E-state index is 0.160. The number of hydrogen-bond acceptors (Lipinski definition) is 2. The molecule has 2 nitrogen and oxygen atoms in total. The highest BCUT2D eigenvalue weighted by molar-refractivity contribution is 6.70. The zero-order valence-electron chi connectivity index (χ0n) is 9.94. The van der Waals surface area contributed by atoms with E-state index in [0.717, 1.165) is 19.1 Å². The molecule has 13 heavy (non-hydrogen) atoms. The summed E-state index contributed by atoms with van der Waals surface area (Å²) in [7, 11) is -0.177. The quantitative estimate of drug-likeness (QED) is 0.640. The molecule has 0 aromatic rings. The molecule has 0 aliphatic rings. The van der Waals surface area contributed by atoms with Crippen LogP contribution in [-0.4, -0.2) is 22.3 Å². The zero-order chi connectivity index (χ0) is 10.5. The first kappa shape index (κ1) is 13.1. The van der Waals surface area contributed by atoms with Gasteiger partial charge in [-0.15, -0.1) is 0 Å². The maximum absolute atomic E-state index is 5.90. The Morgan fingerprint density at radius 3 is 1.92 bits per heavy atom. The predicted molar refractivity (Wildman–Crippen MR) is 59.2 cm³/mol. The molecule has 0 spiro atoms. The third kappa shape index (κ3) is 3.08. The first-order chi connectivity index (χ1) is 5.93. The van der Waals surface area contributed by atoms with Crippen molar-refractivity contribution in [2.45, 2.75) is 52.1 Å². The molecule has 0 radical (unpaired) electrons. The minimum Gasteiger partial charge on any atom is -0.397 e. The van der Waals surface area contributed by atoms with Crippen LogP contribution in [0.2, 0.25) is 11.1 Å². The van der Waals surface area contributed by atoms with E-state index in [4.69, 9.17) is 8.85 Å². The highest BCUT2D eigenvalue weighted by Crippen LogP contribution is 2.40. The maximum Gasteiger partial charge on any atom is 0.343 e. The van der Waals surface area contributed by atoms with Crippen molar-refractivity contribution in [3.8, 4) is 0 Å². The van der Waals surface area contributed by atoms with Gasteiger partial charge in [0, 0.05) is 18.8 Å². The summed E-state index contributed by atoms with van der Waals surface area (Å²) < 4.78 is 11.6. The third-order valence-corrected chi connectivity index (χ3v) is 7.29. The van der Waals surface area contributed by atoms with Gasteiger partial charge in [-0.05, 0) is 13.0 Å². The Bertz CT molecular complexity index is 134. The fraction of sp³-hybridized carbons (Fsp3) is 1.00. The van der Waals surface area contributed by atoms with Crippen LogP contribution in [-0.2, 0) is 8.85 Å². The van der Waals surface area contributed by atoms with E-state index in [1.165, 1.54) is 0 Å². The van der Waals surface area contributed by atoms with Crippen molar-refractivity contribution in [2.24, 2.45) is 0 Å². The monoisotopic (exact) mass is 204 g/mol. The van der Waals surface area contributed by atoms with Gasteiger partial charge in [-0.2, -0.15) is 0 Å². The van der Waals surface area contributed by atoms with Crippen LogP contribution in [0.4, 0.5) is 0 Å². The van der Waals surface area contributed by atoms with Crippen LogP contribution in [0.15, 0.2) is 0 Å². The molecule has 0 aliphatic carbocycles. The topological polar surface area (TPSA) is 18.5 Å². The van der Waals surface area contributed by atoms with E-state index in [2.05, 4.69) is 27.7 Å². The van der Waals surface area contributed by atoms with Crippen molar-refractivity contribution in [1.82, 2.24) is 0 Å². The molecule has 0 aliphatic heterocycles. The van der Waals surface area contributed by atoms with E-state index < -0.39 is 8.56 Å². The second-order valence-electron chi connectivity index (χ2n) is 4.39. The van der Waals surface area contributed by atoms with E-state index in [1.807, 2.05) is 6.92 Å². The molecular formula is C10H24O2Si. The second kappa shape index (κ2) is 5.13. The van der Waals surface area contributed by atoms with E-state index in [9.17, 15) is 0 Å². The standard InChI is InChI=1S/C10H24O2Si/c1-7-9-13(11-6,12-8-2)10(3,4)5/h7-9H2,1-6H3. The summed E-state index contributed by atoms with van der Waals surface area (Å²) in [5.74, 6) is 0. The second-order valence-corrected chi connectivity index (χ2v) is 8.59. The van der Waals surface area contributed by atoms with Gasteiger partial charge in [-0.1, -0.05) is 34.1 Å². The van der Waals surface area contributed by atoms with Crippen LogP contribution in [0.5, 0.6) is 0 Å². The average Bonchev–Trinajstić information content (AvgIpc) is 2.02. The van der Waals surface area contributed by atoms with Crippen molar-refractivity contribution in [2.75, 3.05) is 13.7 Å². The Labute approximate surface area is 83.9 Å². The van der Waals surface area contributed by atoms with Gasteiger partial charge in [-0.25, -0.2) is 0 Å². The maximum atomic E-state index is 5.90. The van der Waals surface area contributed by atoms with Crippen molar-refractivity contribution in [3.05, 3.63) is 0 Å². The molecule has 0 saturated carbocycles. The molecule has 1 unspecified atom stereocenters. The number of hydrogen-bond donors (Lipinski definition) is 0. The Hall–Kier alpha value is 0.137. The average molecular weight is 204 g/mol. The highest BCUT2D eigenvalue weighted by atomic mass is 28.4. The van der Waals surface area contributed by atoms with Gasteiger partial charge >= 0.3 is 8.56 Å². The molecule has 0 rings (SSSR count). The molecule has 0 aromatic heterocycles. The molecule has 0 N–H and O–H groups in total. The molecule has 0 heterocycles. The molecule has 0 saturated heterocycles. The lowest BCUT2D eigenvalue weighted by molar-refractivity contribution is 0.183. The molecule has 0 aromatic carbocycles. The van der Waals surface area contributed by atoms with Crippen LogP contribution in [0.25, 0.3) is 0 Å². The van der Waals surface area contributed by atoms with Crippen molar-refractivity contribution < 1.29 is 8.85 Å². The van der Waals surface area contributed by atoms with Crippen LogP contribution in [0, 0.1) is 0 Å². The lowest BCUT2D eigenvalue weighted by Crippen LogP contribution is -2.49. The fourth-order valence-corrected chi connectivity index (χ4v) is 5.08. The zero-order valence-corrected chi connectivity index (χ0v) is 10.9. The molecule has 0 bridgehead atoms. The van der Waals surface area contributed by atoms with Gasteiger partial charge in [0.15, 0.2) is 0 Å². The highest BCUT2D eigenvalue weighted by Gasteiger charge is 2.47. The van der Waals surface area contributed by atoms with Crippen LogP contribution in [0.1, 0.15) is 41.0 Å². The lowest BCUT2D eigenvalue weighted by atomic mass is 10.2. The van der Waals surface area contributed by atoms with Gasteiger partial charge in [0.25, 0.3) is 0 Å². The van der Waals surface area contributed by atoms with E-state index in [-0.39, 0.29) is 5.04 Å². The van der Waals surface area contributed by atoms with Crippen molar-refractivity contribution >= 4 is 8.56 Å². The lowest BCUT2D eigenvalue weighted by Gasteiger charge is -2.39. The van der Waals surface area contributed by atoms with E-state index >= 15 is 0 Å². The molecular weight excluding hydrogens is 180 g/mol. The first-order valence-corrected chi connectivity index (χ1v) is 7.15. The van der Waals surface area contributed by atoms with Crippen molar-refractivity contribution in [1.29, 1.82) is 0 Å². The molecule has 80 valence electrons. The first-order valence-electron chi connectivity index (χ1n) is 5.12. The smallest absolute Gasteiger partial charge is 0.343 e. The SMILES string of the molecule is CCC[Si](OC)(OCC)C(C)(C)C. The minimum atomic E-state index is -1.97. The summed E-state index contributed by atoms with van der Waals surface area (Å²) in [6.45, 7) is 11.6. The largest absolute Gasteiger partial charge is 0.397 e. The van der Waals surface area contributed by atoms with Gasteiger partial charge in [0.05, 0.1) is 0 Å². The Kier molecular flexibility index (Phi) is 5.18. The van der Waals surface area contributed by atoms with Gasteiger partial charge in [-0.3, -0.25) is 0 Å². The van der Waals surface area contributed by atoms with Crippen molar-refractivity contribution in [3.63, 3.8) is 0 Å². The Balaban J connectivity index is 4.64. The Morgan fingerprint density at radius 2 is 1.69 bits per heavy atom. The summed E-state index contributed by atoms with van der Waals surface area (Å²) in [5, 5.41) is 0.160. The van der Waals surface area contributed by atoms with Crippen LogP contribution >= 0.6 is 0 Å². The molecule has 3 heteroatoms. The van der Waals surface area contributed by atoms with Gasteiger partial charge in [0.1, 0.15) is 0 Å². The molecule has 0 fully saturated rings. The fourth-order valence-electron chi connectivity index (χ4n) is 1.69. The summed E-state index contributed by atoms with van der Waals surface area (Å²) in [4.78, 5) is 0. The predicted octanol–water partition coefficient (Wildman–Crippen LogP) is 3.32. The summed E-state index contributed by atoms with van der Waals surface area (Å²) in [6, 6.07) is 1.08. The van der Waals surface area contributed by atoms with Gasteiger partial charge in [0.2, 0.25) is 0 Å².